The molecule has 0 N–H and O–H groups in total. The number of halogens is 2. The summed E-state index contributed by atoms with van der Waals surface area (Å²) in [5, 5.41) is 2.60. The molecule has 0 bridgehead atoms. The first kappa shape index (κ1) is 21.4. The smallest absolute Gasteiger partial charge is 0.147 e. The van der Waals surface area contributed by atoms with E-state index in [0.717, 1.165) is 19.6 Å². The number of allylic oxidation sites excluding steroid dienone is 2. The van der Waals surface area contributed by atoms with Crippen molar-refractivity contribution in [1.82, 2.24) is 4.90 Å². The minimum atomic E-state index is -0.466. The number of rotatable bonds is 6. The first-order chi connectivity index (χ1) is 10.7. The van der Waals surface area contributed by atoms with Crippen LogP contribution in [0.1, 0.15) is 12.0 Å². The molecule has 128 valence electrons. The zero-order valence-electron chi connectivity index (χ0n) is 14.0. The van der Waals surface area contributed by atoms with E-state index in [1.165, 1.54) is 25.8 Å². The van der Waals surface area contributed by atoms with Crippen LogP contribution in [-0.2, 0) is 29.5 Å². The Balaban J connectivity index is 0.00000144. The number of likely N-dealkylation sites (N-methyl/N-ethyl adjacent to an activating group) is 1. The molecule has 1 aliphatic rings. The average Bonchev–Trinajstić information content (AvgIpc) is 2.94. The standard InChI is InChI=1S/C11H9O.C8H12N.2ClH.Ti/c12-8-10-6-3-5-9-4-1-2-7-11(9)10;1-9(2)7-8-5-3-4-6-8;;;/h1-7H,8H2;5-6H,3,7H2,1-2H3;2*1H;/q-1;;;;+1. The van der Waals surface area contributed by atoms with E-state index in [9.17, 15) is 0 Å². The molecule has 0 spiro atoms. The van der Waals surface area contributed by atoms with Crippen molar-refractivity contribution < 1.29 is 22.9 Å². The van der Waals surface area contributed by atoms with Gasteiger partial charge < -0.3 is 0 Å². The predicted octanol–water partition coefficient (Wildman–Crippen LogP) is 4.97. The van der Waals surface area contributed by atoms with Gasteiger partial charge in [-0.1, -0.05) is 0 Å². The second-order valence-electron chi connectivity index (χ2n) is 5.92. The molecule has 2 nitrogen and oxygen atoms in total. The van der Waals surface area contributed by atoms with Crippen molar-refractivity contribution in [3.05, 3.63) is 69.6 Å². The largest absolute Gasteiger partial charge is 0.147 e. The number of fused-ring (bicyclic) bond motifs is 1. The summed E-state index contributed by atoms with van der Waals surface area (Å²) in [5.41, 5.74) is 2.72. The van der Waals surface area contributed by atoms with Gasteiger partial charge in [0.05, 0.1) is 0 Å². The molecule has 0 fully saturated rings. The van der Waals surface area contributed by atoms with Gasteiger partial charge in [0, 0.05) is 0 Å². The minimum Gasteiger partial charge on any atom is -0.147 e. The molecular weight excluding hydrogens is 377 g/mol. The van der Waals surface area contributed by atoms with Crippen LogP contribution in [0.3, 0.4) is 0 Å². The van der Waals surface area contributed by atoms with Gasteiger partial charge in [0.2, 0.25) is 0 Å². The summed E-state index contributed by atoms with van der Waals surface area (Å²) >= 11 is -0.466. The Bertz CT molecular complexity index is 723. The molecule has 1 aliphatic carbocycles. The first-order valence-electron chi connectivity index (χ1n) is 7.61. The Morgan fingerprint density at radius 3 is 2.58 bits per heavy atom. The van der Waals surface area contributed by atoms with Gasteiger partial charge in [-0.05, 0) is 0 Å². The third kappa shape index (κ3) is 5.73. The molecule has 0 aromatic heterocycles. The van der Waals surface area contributed by atoms with Crippen LogP contribution in [0.5, 0.6) is 0 Å². The fourth-order valence-corrected chi connectivity index (χ4v) is 4.07. The molecule has 0 saturated heterocycles. The zero-order chi connectivity index (χ0) is 15.4. The summed E-state index contributed by atoms with van der Waals surface area (Å²) in [6.45, 7) is 1.75. The molecule has 5 heteroatoms. The molecule has 3 rings (SSSR count). The predicted molar refractivity (Wildman–Crippen MR) is 103 cm³/mol. The van der Waals surface area contributed by atoms with Gasteiger partial charge in [-0.15, -0.1) is 24.8 Å². The van der Waals surface area contributed by atoms with Crippen LogP contribution in [0.2, 0.25) is 0 Å². The van der Waals surface area contributed by atoms with Crippen LogP contribution >= 0.6 is 24.8 Å². The average molecular weight is 400 g/mol. The van der Waals surface area contributed by atoms with Gasteiger partial charge >= 0.3 is 142 Å². The van der Waals surface area contributed by atoms with E-state index in [2.05, 4.69) is 73.6 Å². The Labute approximate surface area is 166 Å². The van der Waals surface area contributed by atoms with Crippen molar-refractivity contribution in [2.24, 2.45) is 0 Å². The van der Waals surface area contributed by atoms with E-state index in [-0.39, 0.29) is 24.8 Å². The van der Waals surface area contributed by atoms with E-state index in [1.807, 2.05) is 0 Å². The van der Waals surface area contributed by atoms with Gasteiger partial charge in [0.25, 0.3) is 0 Å². The molecule has 0 radical (unpaired) electrons. The van der Waals surface area contributed by atoms with Crippen LogP contribution in [0.4, 0.5) is 0 Å². The molecule has 0 unspecified atom stereocenters. The third-order valence-electron chi connectivity index (χ3n) is 3.75. The van der Waals surface area contributed by atoms with E-state index in [1.54, 1.807) is 0 Å². The van der Waals surface area contributed by atoms with Crippen LogP contribution in [-0.4, -0.2) is 25.5 Å². The van der Waals surface area contributed by atoms with Gasteiger partial charge in [-0.3, -0.25) is 0 Å². The molecular formula is C19H23Cl2NOTi. The van der Waals surface area contributed by atoms with Gasteiger partial charge in [0.15, 0.2) is 0 Å². The molecule has 0 saturated carbocycles. The van der Waals surface area contributed by atoms with Crippen molar-refractivity contribution in [2.45, 2.75) is 13.0 Å². The second kappa shape index (κ2) is 10.4. The Kier molecular flexibility index (Phi) is 9.29. The summed E-state index contributed by atoms with van der Waals surface area (Å²) in [5.74, 6) is 0. The van der Waals surface area contributed by atoms with Crippen molar-refractivity contribution >= 4 is 35.6 Å². The summed E-state index contributed by atoms with van der Waals surface area (Å²) in [7, 11) is 4.22. The van der Waals surface area contributed by atoms with Crippen LogP contribution < -0.4 is 0 Å². The monoisotopic (exact) mass is 399 g/mol. The molecule has 24 heavy (non-hydrogen) atoms. The first-order valence-corrected chi connectivity index (χ1v) is 9.03. The van der Waals surface area contributed by atoms with Crippen LogP contribution in [0, 0.1) is 0 Å². The van der Waals surface area contributed by atoms with Gasteiger partial charge in [0.1, 0.15) is 0 Å². The van der Waals surface area contributed by atoms with Crippen molar-refractivity contribution in [2.75, 3.05) is 20.6 Å². The van der Waals surface area contributed by atoms with E-state index < -0.39 is 19.5 Å². The molecule has 0 heterocycles. The number of hydrogen-bond acceptors (Lipinski definition) is 2. The maximum absolute atomic E-state index is 6.07. The van der Waals surface area contributed by atoms with Crippen LogP contribution in [0.25, 0.3) is 10.8 Å². The maximum atomic E-state index is 6.07. The van der Waals surface area contributed by atoms with Gasteiger partial charge in [-0.2, -0.15) is 0 Å². The van der Waals surface area contributed by atoms with Crippen molar-refractivity contribution in [1.29, 1.82) is 0 Å². The number of hydrogen-bond donors (Lipinski definition) is 0. The van der Waals surface area contributed by atoms with E-state index >= 15 is 0 Å². The SMILES string of the molecule is CN(C)CC1=CC[C]([Ti][O]Cc2cccc3ccccc23)=C1.Cl.Cl. The van der Waals surface area contributed by atoms with Crippen LogP contribution in [0.15, 0.2) is 64.1 Å². The second-order valence-corrected chi connectivity index (χ2v) is 7.69. The quantitative estimate of drug-likeness (QED) is 0.635. The number of nitrogens with zero attached hydrogens (tertiary/aromatic N) is 1. The fourth-order valence-electron chi connectivity index (χ4n) is 2.75. The van der Waals surface area contributed by atoms with E-state index in [0.29, 0.717) is 0 Å². The minimum absolute atomic E-state index is 0. The summed E-state index contributed by atoms with van der Waals surface area (Å²) in [6.07, 6.45) is 5.75. The van der Waals surface area contributed by atoms with E-state index in [4.69, 9.17) is 3.32 Å². The maximum Gasteiger partial charge on any atom is -0.147 e. The molecule has 0 amide bonds. The fraction of sp³-hybridized carbons (Fsp3) is 0.263. The Morgan fingerprint density at radius 1 is 1.04 bits per heavy atom. The van der Waals surface area contributed by atoms with Crippen molar-refractivity contribution in [3.8, 4) is 0 Å². The third-order valence-corrected chi connectivity index (χ3v) is 5.16. The topological polar surface area (TPSA) is 12.5 Å². The van der Waals surface area contributed by atoms with Gasteiger partial charge in [-0.25, -0.2) is 0 Å². The number of benzene rings is 2. The molecule has 0 atom stereocenters. The molecule has 0 aliphatic heterocycles. The Morgan fingerprint density at radius 2 is 1.79 bits per heavy atom. The summed E-state index contributed by atoms with van der Waals surface area (Å²) in [4.78, 5) is 2.21. The summed E-state index contributed by atoms with van der Waals surface area (Å²) < 4.78 is 7.57. The summed E-state index contributed by atoms with van der Waals surface area (Å²) in [6, 6.07) is 15.0. The normalized spacial score (nSPS) is 13.1. The molecule has 2 aromatic rings. The zero-order valence-corrected chi connectivity index (χ0v) is 17.2. The molecule has 2 aromatic carbocycles. The van der Waals surface area contributed by atoms with Crippen molar-refractivity contribution in [3.63, 3.8) is 0 Å². The Hall–Kier alpha value is -0.606.